The monoisotopic (exact) mass is 298 g/mol. The van der Waals surface area contributed by atoms with E-state index in [1.165, 1.54) is 96.3 Å². The Bertz CT molecular complexity index is 179. The minimum Gasteiger partial charge on any atom is -0.393 e. The van der Waals surface area contributed by atoms with E-state index in [2.05, 4.69) is 13.8 Å². The molecular formula is C20H42O. The fourth-order valence-corrected chi connectivity index (χ4v) is 3.00. The minimum atomic E-state index is -0.0281. The van der Waals surface area contributed by atoms with Gasteiger partial charge in [0, 0.05) is 0 Å². The Kier molecular flexibility index (Phi) is 18.0. The van der Waals surface area contributed by atoms with Crippen LogP contribution in [-0.4, -0.2) is 11.2 Å². The first kappa shape index (κ1) is 21.0. The van der Waals surface area contributed by atoms with Crippen molar-refractivity contribution >= 4 is 0 Å². The highest BCUT2D eigenvalue weighted by atomic mass is 16.3. The maximum Gasteiger partial charge on any atom is 0.0540 e. The first-order valence-corrected chi connectivity index (χ1v) is 9.99. The van der Waals surface area contributed by atoms with Gasteiger partial charge in [0.25, 0.3) is 0 Å². The molecule has 0 aliphatic carbocycles. The lowest BCUT2D eigenvalue weighted by Gasteiger charge is -2.09. The summed E-state index contributed by atoms with van der Waals surface area (Å²) in [5.41, 5.74) is 0. The number of hydrogen-bond acceptors (Lipinski definition) is 1. The number of aliphatic hydroxyl groups excluding tert-OH is 1. The summed E-state index contributed by atoms with van der Waals surface area (Å²) in [7, 11) is 0. The molecule has 1 atom stereocenters. The zero-order valence-corrected chi connectivity index (χ0v) is 15.0. The summed E-state index contributed by atoms with van der Waals surface area (Å²) in [5, 5.41) is 9.84. The van der Waals surface area contributed by atoms with Gasteiger partial charge in [0.05, 0.1) is 6.10 Å². The van der Waals surface area contributed by atoms with Crippen LogP contribution in [0, 0.1) is 0 Å². The molecule has 0 aromatic rings. The van der Waals surface area contributed by atoms with E-state index < -0.39 is 0 Å². The lowest BCUT2D eigenvalue weighted by Crippen LogP contribution is -2.05. The number of rotatable bonds is 17. The predicted octanol–water partition coefficient (Wildman–Crippen LogP) is 7.02. The first-order chi connectivity index (χ1) is 10.3. The van der Waals surface area contributed by atoms with Crippen LogP contribution in [0.1, 0.15) is 123 Å². The molecule has 1 N–H and O–H groups in total. The van der Waals surface area contributed by atoms with Crippen molar-refractivity contribution in [3.05, 3.63) is 0 Å². The predicted molar refractivity (Wildman–Crippen MR) is 95.8 cm³/mol. The van der Waals surface area contributed by atoms with Crippen molar-refractivity contribution in [2.45, 2.75) is 129 Å². The van der Waals surface area contributed by atoms with Gasteiger partial charge in [-0.15, -0.1) is 0 Å². The van der Waals surface area contributed by atoms with Crippen molar-refractivity contribution in [2.75, 3.05) is 0 Å². The van der Waals surface area contributed by atoms with Crippen LogP contribution in [0.5, 0.6) is 0 Å². The highest BCUT2D eigenvalue weighted by molar-refractivity contribution is 4.57. The van der Waals surface area contributed by atoms with Crippen LogP contribution in [0.15, 0.2) is 0 Å². The van der Waals surface area contributed by atoms with Gasteiger partial charge in [0.1, 0.15) is 0 Å². The van der Waals surface area contributed by atoms with Gasteiger partial charge < -0.3 is 5.11 Å². The summed E-state index contributed by atoms with van der Waals surface area (Å²) in [6.07, 6.45) is 22.5. The summed E-state index contributed by atoms with van der Waals surface area (Å²) in [6, 6.07) is 0. The summed E-state index contributed by atoms with van der Waals surface area (Å²) < 4.78 is 0. The zero-order valence-electron chi connectivity index (χ0n) is 15.0. The van der Waals surface area contributed by atoms with E-state index in [-0.39, 0.29) is 6.10 Å². The van der Waals surface area contributed by atoms with E-state index >= 15 is 0 Å². The number of hydrogen-bond donors (Lipinski definition) is 1. The van der Waals surface area contributed by atoms with Gasteiger partial charge in [-0.05, 0) is 12.8 Å². The molecule has 0 aromatic carbocycles. The van der Waals surface area contributed by atoms with Crippen LogP contribution in [-0.2, 0) is 0 Å². The second-order valence-electron chi connectivity index (χ2n) is 6.83. The fourth-order valence-electron chi connectivity index (χ4n) is 3.00. The molecule has 0 saturated heterocycles. The van der Waals surface area contributed by atoms with Gasteiger partial charge in [0.2, 0.25) is 0 Å². The molecule has 21 heavy (non-hydrogen) atoms. The van der Waals surface area contributed by atoms with E-state index in [9.17, 15) is 5.11 Å². The molecule has 0 aliphatic rings. The number of aliphatic hydroxyl groups is 1. The van der Waals surface area contributed by atoms with Gasteiger partial charge in [-0.1, -0.05) is 110 Å². The summed E-state index contributed by atoms with van der Waals surface area (Å²) >= 11 is 0. The first-order valence-electron chi connectivity index (χ1n) is 9.99. The van der Waals surface area contributed by atoms with Gasteiger partial charge in [-0.3, -0.25) is 0 Å². The standard InChI is InChI=1S/C20H42O/c1-3-5-7-8-9-10-11-12-13-14-15-17-19-20(21)18-16-6-4-2/h20-21H,3-19H2,1-2H3. The highest BCUT2D eigenvalue weighted by Gasteiger charge is 2.03. The van der Waals surface area contributed by atoms with Crippen molar-refractivity contribution in [1.82, 2.24) is 0 Å². The van der Waals surface area contributed by atoms with Crippen LogP contribution in [0.25, 0.3) is 0 Å². The zero-order chi connectivity index (χ0) is 15.6. The molecule has 0 heterocycles. The maximum atomic E-state index is 9.84. The molecule has 0 rings (SSSR count). The Morgan fingerprint density at radius 3 is 1.19 bits per heavy atom. The average Bonchev–Trinajstić information content (AvgIpc) is 2.48. The van der Waals surface area contributed by atoms with E-state index in [4.69, 9.17) is 0 Å². The molecule has 0 fully saturated rings. The molecule has 0 radical (unpaired) electrons. The smallest absolute Gasteiger partial charge is 0.0540 e. The van der Waals surface area contributed by atoms with Crippen LogP contribution in [0.3, 0.4) is 0 Å². The largest absolute Gasteiger partial charge is 0.393 e. The normalized spacial score (nSPS) is 12.7. The summed E-state index contributed by atoms with van der Waals surface area (Å²) in [4.78, 5) is 0. The van der Waals surface area contributed by atoms with E-state index in [1.807, 2.05) is 0 Å². The molecule has 1 heteroatoms. The molecule has 0 spiro atoms. The van der Waals surface area contributed by atoms with Crippen molar-refractivity contribution in [1.29, 1.82) is 0 Å². The maximum absolute atomic E-state index is 9.84. The molecular weight excluding hydrogens is 256 g/mol. The van der Waals surface area contributed by atoms with Crippen molar-refractivity contribution in [2.24, 2.45) is 0 Å². The van der Waals surface area contributed by atoms with Crippen LogP contribution < -0.4 is 0 Å². The Morgan fingerprint density at radius 1 is 0.476 bits per heavy atom. The van der Waals surface area contributed by atoms with E-state index in [1.54, 1.807) is 0 Å². The molecule has 1 unspecified atom stereocenters. The van der Waals surface area contributed by atoms with Crippen molar-refractivity contribution in [3.63, 3.8) is 0 Å². The Balaban J connectivity index is 3.05. The van der Waals surface area contributed by atoms with Crippen LogP contribution >= 0.6 is 0 Å². The SMILES string of the molecule is CCCCCCCCCCCCCCC(O)CCCCC. The van der Waals surface area contributed by atoms with Crippen LogP contribution in [0.4, 0.5) is 0 Å². The van der Waals surface area contributed by atoms with Gasteiger partial charge >= 0.3 is 0 Å². The molecule has 0 amide bonds. The third-order valence-corrected chi connectivity index (χ3v) is 4.53. The molecule has 0 aromatic heterocycles. The number of unbranched alkanes of at least 4 members (excludes halogenated alkanes) is 13. The summed E-state index contributed by atoms with van der Waals surface area (Å²) in [6.45, 7) is 4.50. The molecule has 0 saturated carbocycles. The lowest BCUT2D eigenvalue weighted by atomic mass is 10.0. The highest BCUT2D eigenvalue weighted by Crippen LogP contribution is 2.14. The summed E-state index contributed by atoms with van der Waals surface area (Å²) in [5.74, 6) is 0. The van der Waals surface area contributed by atoms with Gasteiger partial charge in [0.15, 0.2) is 0 Å². The Labute approximate surface area is 134 Å². The fraction of sp³-hybridized carbons (Fsp3) is 1.00. The lowest BCUT2D eigenvalue weighted by molar-refractivity contribution is 0.147. The molecule has 1 nitrogen and oxygen atoms in total. The van der Waals surface area contributed by atoms with Gasteiger partial charge in [-0.2, -0.15) is 0 Å². The third-order valence-electron chi connectivity index (χ3n) is 4.53. The van der Waals surface area contributed by atoms with E-state index in [0.717, 1.165) is 12.8 Å². The molecule has 0 aliphatic heterocycles. The van der Waals surface area contributed by atoms with Crippen molar-refractivity contribution < 1.29 is 5.11 Å². The minimum absolute atomic E-state index is 0.0281. The second kappa shape index (κ2) is 18.0. The Morgan fingerprint density at radius 2 is 0.762 bits per heavy atom. The molecule has 128 valence electrons. The van der Waals surface area contributed by atoms with Gasteiger partial charge in [-0.25, -0.2) is 0 Å². The van der Waals surface area contributed by atoms with E-state index in [0.29, 0.717) is 0 Å². The average molecular weight is 299 g/mol. The Hall–Kier alpha value is -0.0400. The third kappa shape index (κ3) is 17.9. The topological polar surface area (TPSA) is 20.2 Å². The second-order valence-corrected chi connectivity index (χ2v) is 6.83. The van der Waals surface area contributed by atoms with Crippen LogP contribution in [0.2, 0.25) is 0 Å². The van der Waals surface area contributed by atoms with Crippen molar-refractivity contribution in [3.8, 4) is 0 Å². The quantitative estimate of drug-likeness (QED) is 0.286. The molecule has 0 bridgehead atoms.